The average Bonchev–Trinajstić information content (AvgIpc) is 2.80. The summed E-state index contributed by atoms with van der Waals surface area (Å²) in [7, 11) is 0. The largest absolute Gasteiger partial charge is 0.396 e. The Labute approximate surface area is 103 Å². The molecule has 0 atom stereocenters. The number of hydrogen-bond donors (Lipinski definition) is 1. The lowest BCUT2D eigenvalue weighted by atomic mass is 10.0. The lowest BCUT2D eigenvalue weighted by Crippen LogP contribution is -1.96. The molecule has 0 radical (unpaired) electrons. The minimum atomic E-state index is -0.403. The summed E-state index contributed by atoms with van der Waals surface area (Å²) < 4.78 is 15.2. The normalized spacial score (nSPS) is 11.0. The molecule has 0 saturated heterocycles. The molecule has 0 saturated carbocycles. The van der Waals surface area contributed by atoms with E-state index in [1.54, 1.807) is 18.5 Å². The molecule has 2 heterocycles. The van der Waals surface area contributed by atoms with Crippen molar-refractivity contribution >= 4 is 11.3 Å². The van der Waals surface area contributed by atoms with E-state index in [2.05, 4.69) is 9.97 Å². The van der Waals surface area contributed by atoms with Crippen LogP contribution in [-0.2, 0) is 0 Å². The Morgan fingerprint density at radius 2 is 2.11 bits per heavy atom. The van der Waals surface area contributed by atoms with E-state index in [1.807, 2.05) is 23.7 Å². The topological polar surface area (TPSA) is 56.2 Å². The minimum absolute atomic E-state index is 0.128. The summed E-state index contributed by atoms with van der Waals surface area (Å²) in [6.45, 7) is 1.83. The quantitative estimate of drug-likeness (QED) is 0.667. The van der Waals surface area contributed by atoms with E-state index < -0.39 is 5.82 Å². The number of nitrogen functional groups attached to an aromatic ring is 1. The van der Waals surface area contributed by atoms with Gasteiger partial charge in [-0.05, 0) is 24.6 Å². The first-order valence-electron chi connectivity index (χ1n) is 5.50. The van der Waals surface area contributed by atoms with Gasteiger partial charge in [-0.15, -0.1) is 0 Å². The molecular formula is C13H11FN4. The van der Waals surface area contributed by atoms with Gasteiger partial charge in [0.2, 0.25) is 0 Å². The average molecular weight is 242 g/mol. The number of benzene rings is 1. The molecule has 0 aliphatic rings. The fourth-order valence-electron chi connectivity index (χ4n) is 1.93. The number of halogens is 1. The first-order chi connectivity index (χ1) is 8.65. The predicted molar refractivity (Wildman–Crippen MR) is 67.5 cm³/mol. The number of hydrogen-bond acceptors (Lipinski definition) is 3. The molecule has 0 bridgehead atoms. The molecule has 2 N–H and O–H groups in total. The highest BCUT2D eigenvalue weighted by Crippen LogP contribution is 2.25. The summed E-state index contributed by atoms with van der Waals surface area (Å²) in [4.78, 5) is 8.44. The number of aryl methyl sites for hydroxylation is 1. The van der Waals surface area contributed by atoms with E-state index in [1.165, 1.54) is 6.07 Å². The van der Waals surface area contributed by atoms with Crippen LogP contribution in [0.25, 0.3) is 16.9 Å². The molecule has 5 heteroatoms. The van der Waals surface area contributed by atoms with Crippen molar-refractivity contribution in [2.45, 2.75) is 6.92 Å². The van der Waals surface area contributed by atoms with Gasteiger partial charge >= 0.3 is 0 Å². The summed E-state index contributed by atoms with van der Waals surface area (Å²) in [6, 6.07) is 3.03. The number of fused-ring (bicyclic) bond motifs is 1. The predicted octanol–water partition coefficient (Wildman–Crippen LogP) is 2.43. The second-order valence-electron chi connectivity index (χ2n) is 4.15. The van der Waals surface area contributed by atoms with Crippen molar-refractivity contribution in [2.24, 2.45) is 0 Å². The van der Waals surface area contributed by atoms with Gasteiger partial charge in [-0.2, -0.15) is 0 Å². The van der Waals surface area contributed by atoms with Gasteiger partial charge in [0.1, 0.15) is 5.82 Å². The lowest BCUT2D eigenvalue weighted by molar-refractivity contribution is 0.631. The van der Waals surface area contributed by atoms with Gasteiger partial charge < -0.3 is 10.1 Å². The highest BCUT2D eigenvalue weighted by Gasteiger charge is 2.09. The highest BCUT2D eigenvalue weighted by molar-refractivity contribution is 5.68. The lowest BCUT2D eigenvalue weighted by Gasteiger charge is -2.07. The molecule has 18 heavy (non-hydrogen) atoms. The molecule has 90 valence electrons. The van der Waals surface area contributed by atoms with Crippen molar-refractivity contribution in [2.75, 3.05) is 5.73 Å². The van der Waals surface area contributed by atoms with E-state index in [-0.39, 0.29) is 5.69 Å². The van der Waals surface area contributed by atoms with E-state index in [0.717, 1.165) is 22.5 Å². The molecule has 3 rings (SSSR count). The van der Waals surface area contributed by atoms with E-state index >= 15 is 0 Å². The molecule has 0 amide bonds. The van der Waals surface area contributed by atoms with Crippen molar-refractivity contribution in [1.29, 1.82) is 0 Å². The molecule has 0 spiro atoms. The van der Waals surface area contributed by atoms with E-state index in [0.29, 0.717) is 0 Å². The van der Waals surface area contributed by atoms with Gasteiger partial charge in [0.05, 0.1) is 17.6 Å². The molecule has 0 aliphatic carbocycles. The number of imidazole rings is 1. The maximum atomic E-state index is 13.3. The van der Waals surface area contributed by atoms with Crippen molar-refractivity contribution in [3.63, 3.8) is 0 Å². The summed E-state index contributed by atoms with van der Waals surface area (Å²) in [5, 5.41) is 0. The molecule has 3 aromatic rings. The van der Waals surface area contributed by atoms with Crippen LogP contribution in [0.15, 0.2) is 36.9 Å². The molecule has 0 fully saturated rings. The Hall–Kier alpha value is -2.43. The number of nitrogens with two attached hydrogens (primary N) is 1. The van der Waals surface area contributed by atoms with Crippen molar-refractivity contribution < 1.29 is 4.39 Å². The van der Waals surface area contributed by atoms with Crippen molar-refractivity contribution in [1.82, 2.24) is 14.4 Å². The minimum Gasteiger partial charge on any atom is -0.396 e. The smallest absolute Gasteiger partial charge is 0.155 e. The van der Waals surface area contributed by atoms with Gasteiger partial charge in [0.25, 0.3) is 0 Å². The summed E-state index contributed by atoms with van der Waals surface area (Å²) in [6.07, 6.45) is 7.06. The van der Waals surface area contributed by atoms with E-state index in [4.69, 9.17) is 5.73 Å². The summed E-state index contributed by atoms with van der Waals surface area (Å²) in [5.41, 5.74) is 8.86. The maximum Gasteiger partial charge on any atom is 0.155 e. The zero-order valence-corrected chi connectivity index (χ0v) is 9.76. The van der Waals surface area contributed by atoms with Crippen LogP contribution >= 0.6 is 0 Å². The van der Waals surface area contributed by atoms with Crippen molar-refractivity contribution in [3.8, 4) is 11.3 Å². The number of aromatic nitrogens is 3. The van der Waals surface area contributed by atoms with E-state index in [9.17, 15) is 4.39 Å². The Morgan fingerprint density at radius 1 is 1.28 bits per heavy atom. The molecule has 0 unspecified atom stereocenters. The van der Waals surface area contributed by atoms with Gasteiger partial charge in [-0.3, -0.25) is 4.98 Å². The second-order valence-corrected chi connectivity index (χ2v) is 4.15. The third-order valence-corrected chi connectivity index (χ3v) is 2.90. The fourth-order valence-corrected chi connectivity index (χ4v) is 1.93. The van der Waals surface area contributed by atoms with Crippen LogP contribution in [0.1, 0.15) is 5.56 Å². The van der Waals surface area contributed by atoms with Crippen LogP contribution < -0.4 is 5.73 Å². The molecule has 0 aliphatic heterocycles. The SMILES string of the molecule is Cc1cc(F)c(N)cc1-c1cn2ccnc2cn1. The third-order valence-electron chi connectivity index (χ3n) is 2.90. The first kappa shape index (κ1) is 10.7. The second kappa shape index (κ2) is 3.80. The van der Waals surface area contributed by atoms with Crippen LogP contribution in [0.3, 0.4) is 0 Å². The fraction of sp³-hybridized carbons (Fsp3) is 0.0769. The van der Waals surface area contributed by atoms with Crippen LogP contribution in [0, 0.1) is 12.7 Å². The number of anilines is 1. The standard InChI is InChI=1S/C13H11FN4/c1-8-4-10(14)11(15)5-9(8)12-7-18-3-2-16-13(18)6-17-12/h2-7H,15H2,1H3. The molecule has 2 aromatic heterocycles. The third kappa shape index (κ3) is 1.60. The first-order valence-corrected chi connectivity index (χ1v) is 5.50. The van der Waals surface area contributed by atoms with Gasteiger partial charge in [-0.25, -0.2) is 9.37 Å². The highest BCUT2D eigenvalue weighted by atomic mass is 19.1. The Balaban J connectivity index is 2.21. The Kier molecular flexibility index (Phi) is 2.26. The van der Waals surface area contributed by atoms with Gasteiger partial charge in [0.15, 0.2) is 5.65 Å². The van der Waals surface area contributed by atoms with Crippen LogP contribution in [-0.4, -0.2) is 14.4 Å². The van der Waals surface area contributed by atoms with Gasteiger partial charge in [-0.1, -0.05) is 0 Å². The van der Waals surface area contributed by atoms with Crippen LogP contribution in [0.5, 0.6) is 0 Å². The molecule has 1 aromatic carbocycles. The summed E-state index contributed by atoms with van der Waals surface area (Å²) >= 11 is 0. The maximum absolute atomic E-state index is 13.3. The molecule has 4 nitrogen and oxygen atoms in total. The van der Waals surface area contributed by atoms with Crippen LogP contribution in [0.2, 0.25) is 0 Å². The zero-order valence-electron chi connectivity index (χ0n) is 9.76. The zero-order chi connectivity index (χ0) is 12.7. The van der Waals surface area contributed by atoms with Gasteiger partial charge in [0, 0.05) is 24.2 Å². The monoisotopic (exact) mass is 242 g/mol. The Morgan fingerprint density at radius 3 is 2.94 bits per heavy atom. The summed E-state index contributed by atoms with van der Waals surface area (Å²) in [5.74, 6) is -0.403. The molecular weight excluding hydrogens is 231 g/mol. The Bertz CT molecular complexity index is 733. The van der Waals surface area contributed by atoms with Crippen LogP contribution in [0.4, 0.5) is 10.1 Å². The number of rotatable bonds is 1. The number of nitrogens with zero attached hydrogens (tertiary/aromatic N) is 3. The van der Waals surface area contributed by atoms with Crippen molar-refractivity contribution in [3.05, 3.63) is 48.3 Å².